The Bertz CT molecular complexity index is 473. The predicted molar refractivity (Wildman–Crippen MR) is 74.3 cm³/mol. The number of carbonyl (C=O) groups excluding carboxylic acids is 3. The Kier molecular flexibility index (Phi) is 5.23. The zero-order valence-electron chi connectivity index (χ0n) is 11.4. The molecule has 0 bridgehead atoms. The summed E-state index contributed by atoms with van der Waals surface area (Å²) in [5.41, 5.74) is 1.46. The number of nitrogens with one attached hydrogen (secondary N) is 2. The van der Waals surface area contributed by atoms with Crippen molar-refractivity contribution < 1.29 is 14.4 Å². The minimum atomic E-state index is -0.145. The molecule has 0 atom stereocenters. The molecule has 0 aliphatic heterocycles. The largest absolute Gasteiger partial charge is 0.326 e. The Balaban J connectivity index is 3.06. The van der Waals surface area contributed by atoms with Gasteiger partial charge in [0.1, 0.15) is 0 Å². The number of Topliss-reactive ketones (excluding diaryl/α,β-unsaturated/α-hetero) is 1. The molecule has 2 amide bonds. The number of hydrogen-bond acceptors (Lipinski definition) is 3. The molecule has 0 saturated carbocycles. The smallest absolute Gasteiger partial charge is 0.224 e. The van der Waals surface area contributed by atoms with Gasteiger partial charge in [0.2, 0.25) is 11.8 Å². The van der Waals surface area contributed by atoms with E-state index in [1.165, 1.54) is 6.92 Å². The maximum absolute atomic E-state index is 11.4. The van der Waals surface area contributed by atoms with Crippen molar-refractivity contribution in [3.63, 3.8) is 0 Å². The summed E-state index contributed by atoms with van der Waals surface area (Å²) in [6.45, 7) is 4.92. The lowest BCUT2D eigenvalue weighted by atomic mass is 10.1. The molecular weight excluding hydrogens is 244 g/mol. The molecule has 0 aromatic heterocycles. The Morgan fingerprint density at radius 1 is 0.895 bits per heavy atom. The number of ketones is 1. The van der Waals surface area contributed by atoms with E-state index >= 15 is 0 Å². The third kappa shape index (κ3) is 4.54. The molecular formula is C14H18N2O3. The first-order valence-electron chi connectivity index (χ1n) is 6.22. The number of benzene rings is 1. The van der Waals surface area contributed by atoms with E-state index in [1.807, 2.05) is 0 Å². The maximum atomic E-state index is 11.4. The lowest BCUT2D eigenvalue weighted by Crippen LogP contribution is -2.13. The maximum Gasteiger partial charge on any atom is 0.224 e. The van der Waals surface area contributed by atoms with E-state index in [4.69, 9.17) is 0 Å². The third-order valence-corrected chi connectivity index (χ3v) is 2.55. The van der Waals surface area contributed by atoms with Gasteiger partial charge in [-0.2, -0.15) is 0 Å². The second kappa shape index (κ2) is 6.68. The van der Waals surface area contributed by atoms with Gasteiger partial charge in [0.05, 0.1) is 0 Å². The number of carbonyl (C=O) groups is 3. The SMILES string of the molecule is CCC(=O)Nc1cc(NC(=O)CC)cc(C(C)=O)c1. The fraction of sp³-hybridized carbons (Fsp3) is 0.357. The first-order valence-corrected chi connectivity index (χ1v) is 6.22. The molecule has 2 N–H and O–H groups in total. The van der Waals surface area contributed by atoms with Gasteiger partial charge in [0, 0.05) is 29.8 Å². The summed E-state index contributed by atoms with van der Waals surface area (Å²) in [5.74, 6) is -0.415. The molecule has 0 saturated heterocycles. The highest BCUT2D eigenvalue weighted by molar-refractivity contribution is 6.00. The van der Waals surface area contributed by atoms with Crippen LogP contribution in [0.1, 0.15) is 44.0 Å². The van der Waals surface area contributed by atoms with E-state index in [1.54, 1.807) is 32.0 Å². The fourth-order valence-electron chi connectivity index (χ4n) is 1.47. The van der Waals surface area contributed by atoms with Gasteiger partial charge in [-0.1, -0.05) is 13.8 Å². The molecule has 0 fully saturated rings. The average Bonchev–Trinajstić information content (AvgIpc) is 2.37. The van der Waals surface area contributed by atoms with Crippen LogP contribution < -0.4 is 10.6 Å². The lowest BCUT2D eigenvalue weighted by molar-refractivity contribution is -0.116. The highest BCUT2D eigenvalue weighted by Crippen LogP contribution is 2.20. The van der Waals surface area contributed by atoms with E-state index in [2.05, 4.69) is 10.6 Å². The van der Waals surface area contributed by atoms with Gasteiger partial charge in [-0.25, -0.2) is 0 Å². The van der Waals surface area contributed by atoms with Gasteiger partial charge in [-0.3, -0.25) is 14.4 Å². The molecule has 0 radical (unpaired) electrons. The fourth-order valence-corrected chi connectivity index (χ4v) is 1.47. The summed E-state index contributed by atoms with van der Waals surface area (Å²) >= 11 is 0. The van der Waals surface area contributed by atoms with Crippen molar-refractivity contribution in [3.8, 4) is 0 Å². The number of hydrogen-bond donors (Lipinski definition) is 2. The van der Waals surface area contributed by atoms with Crippen LogP contribution in [-0.4, -0.2) is 17.6 Å². The zero-order valence-corrected chi connectivity index (χ0v) is 11.4. The summed E-state index contributed by atoms with van der Waals surface area (Å²) in [4.78, 5) is 34.2. The normalized spacial score (nSPS) is 9.84. The van der Waals surface area contributed by atoms with Crippen molar-refractivity contribution in [2.45, 2.75) is 33.6 Å². The van der Waals surface area contributed by atoms with Crippen LogP contribution in [0, 0.1) is 0 Å². The Labute approximate surface area is 112 Å². The average molecular weight is 262 g/mol. The molecule has 1 aromatic rings. The molecule has 1 aromatic carbocycles. The minimum Gasteiger partial charge on any atom is -0.326 e. The molecule has 5 nitrogen and oxygen atoms in total. The van der Waals surface area contributed by atoms with Crippen molar-refractivity contribution >= 4 is 29.0 Å². The summed E-state index contributed by atoms with van der Waals surface area (Å²) in [6, 6.07) is 4.82. The zero-order chi connectivity index (χ0) is 14.4. The van der Waals surface area contributed by atoms with E-state index in [0.29, 0.717) is 29.8 Å². The van der Waals surface area contributed by atoms with Crippen LogP contribution >= 0.6 is 0 Å². The van der Waals surface area contributed by atoms with E-state index in [-0.39, 0.29) is 17.6 Å². The van der Waals surface area contributed by atoms with Gasteiger partial charge in [-0.15, -0.1) is 0 Å². The quantitative estimate of drug-likeness (QED) is 0.801. The molecule has 0 aliphatic rings. The molecule has 5 heteroatoms. The molecule has 0 heterocycles. The Hall–Kier alpha value is -2.17. The number of anilines is 2. The molecule has 0 spiro atoms. The van der Waals surface area contributed by atoms with E-state index < -0.39 is 0 Å². The van der Waals surface area contributed by atoms with E-state index in [0.717, 1.165) is 0 Å². The first kappa shape index (κ1) is 14.9. The third-order valence-electron chi connectivity index (χ3n) is 2.55. The van der Waals surface area contributed by atoms with Crippen LogP contribution in [0.15, 0.2) is 18.2 Å². The molecule has 1 rings (SSSR count). The highest BCUT2D eigenvalue weighted by atomic mass is 16.2. The van der Waals surface area contributed by atoms with Crippen LogP contribution in [0.4, 0.5) is 11.4 Å². The highest BCUT2D eigenvalue weighted by Gasteiger charge is 2.08. The molecule has 19 heavy (non-hydrogen) atoms. The second-order valence-corrected chi connectivity index (χ2v) is 4.16. The van der Waals surface area contributed by atoms with Gasteiger partial charge < -0.3 is 10.6 Å². The van der Waals surface area contributed by atoms with Gasteiger partial charge in [0.15, 0.2) is 5.78 Å². The second-order valence-electron chi connectivity index (χ2n) is 4.16. The van der Waals surface area contributed by atoms with Crippen molar-refractivity contribution in [2.24, 2.45) is 0 Å². The predicted octanol–water partition coefficient (Wildman–Crippen LogP) is 2.59. The van der Waals surface area contributed by atoms with Crippen molar-refractivity contribution in [2.75, 3.05) is 10.6 Å². The van der Waals surface area contributed by atoms with Crippen molar-refractivity contribution in [1.29, 1.82) is 0 Å². The standard InChI is InChI=1S/C14H18N2O3/c1-4-13(18)15-11-6-10(9(3)17)7-12(8-11)16-14(19)5-2/h6-8H,4-5H2,1-3H3,(H,15,18)(H,16,19). The van der Waals surface area contributed by atoms with Gasteiger partial charge in [-0.05, 0) is 25.1 Å². The van der Waals surface area contributed by atoms with Crippen LogP contribution in [0.5, 0.6) is 0 Å². The number of rotatable bonds is 5. The van der Waals surface area contributed by atoms with Gasteiger partial charge >= 0.3 is 0 Å². The van der Waals surface area contributed by atoms with E-state index in [9.17, 15) is 14.4 Å². The Morgan fingerprint density at radius 3 is 1.63 bits per heavy atom. The van der Waals surface area contributed by atoms with Gasteiger partial charge in [0.25, 0.3) is 0 Å². The monoisotopic (exact) mass is 262 g/mol. The lowest BCUT2D eigenvalue weighted by Gasteiger charge is -2.10. The molecule has 102 valence electrons. The molecule has 0 unspecified atom stereocenters. The summed E-state index contributed by atoms with van der Waals surface area (Å²) in [6.07, 6.45) is 0.696. The number of amides is 2. The minimum absolute atomic E-state index is 0.125. The van der Waals surface area contributed by atoms with Crippen molar-refractivity contribution in [1.82, 2.24) is 0 Å². The van der Waals surface area contributed by atoms with Crippen LogP contribution in [0.25, 0.3) is 0 Å². The topological polar surface area (TPSA) is 75.3 Å². The van der Waals surface area contributed by atoms with Crippen LogP contribution in [0.2, 0.25) is 0 Å². The summed E-state index contributed by atoms with van der Waals surface area (Å²) in [7, 11) is 0. The first-order chi connectivity index (χ1) is 8.96. The molecule has 0 aliphatic carbocycles. The van der Waals surface area contributed by atoms with Crippen molar-refractivity contribution in [3.05, 3.63) is 23.8 Å². The van der Waals surface area contributed by atoms with Crippen LogP contribution in [-0.2, 0) is 9.59 Å². The van der Waals surface area contributed by atoms with Crippen LogP contribution in [0.3, 0.4) is 0 Å². The summed E-state index contributed by atoms with van der Waals surface area (Å²) < 4.78 is 0. The Morgan fingerprint density at radius 2 is 1.32 bits per heavy atom. The summed E-state index contributed by atoms with van der Waals surface area (Å²) in [5, 5.41) is 5.35.